The summed E-state index contributed by atoms with van der Waals surface area (Å²) in [6.07, 6.45) is 0. The maximum Gasteiger partial charge on any atom is 0.319 e. The van der Waals surface area contributed by atoms with Crippen LogP contribution in [0.4, 0.5) is 4.79 Å². The van der Waals surface area contributed by atoms with Crippen LogP contribution in [-0.4, -0.2) is 78.8 Å². The first-order valence-electron chi connectivity index (χ1n) is 5.52. The van der Waals surface area contributed by atoms with E-state index >= 15 is 0 Å². The van der Waals surface area contributed by atoms with Crippen molar-refractivity contribution in [2.75, 3.05) is 52.9 Å². The van der Waals surface area contributed by atoms with Crippen LogP contribution in [0.2, 0.25) is 0 Å². The van der Waals surface area contributed by atoms with E-state index < -0.39 is 0 Å². The summed E-state index contributed by atoms with van der Waals surface area (Å²) in [6.45, 7) is 6.89. The summed E-state index contributed by atoms with van der Waals surface area (Å²) >= 11 is 0. The fourth-order valence-corrected chi connectivity index (χ4v) is 1.68. The fraction of sp³-hybridized carbons (Fsp3) is 0.900. The number of urea groups is 1. The minimum absolute atomic E-state index is 0.112. The zero-order valence-corrected chi connectivity index (χ0v) is 9.65. The highest BCUT2D eigenvalue weighted by Crippen LogP contribution is 2.04. The van der Waals surface area contributed by atoms with Gasteiger partial charge in [0.25, 0.3) is 0 Å². The highest BCUT2D eigenvalue weighted by molar-refractivity contribution is 5.74. The van der Waals surface area contributed by atoms with Gasteiger partial charge in [0, 0.05) is 46.3 Å². The van der Waals surface area contributed by atoms with Crippen molar-refractivity contribution in [1.82, 2.24) is 14.7 Å². The Labute approximate surface area is 91.3 Å². The molecule has 0 aromatic rings. The third-order valence-electron chi connectivity index (χ3n) is 2.86. The quantitative estimate of drug-likeness (QED) is 0.701. The predicted octanol–water partition coefficient (Wildman–Crippen LogP) is -0.332. The summed E-state index contributed by atoms with van der Waals surface area (Å²) in [5.41, 5.74) is 0. The lowest BCUT2D eigenvalue weighted by molar-refractivity contribution is 0.108. The molecule has 0 spiro atoms. The number of aliphatic hydroxyl groups is 1. The van der Waals surface area contributed by atoms with Crippen LogP contribution in [0.25, 0.3) is 0 Å². The van der Waals surface area contributed by atoms with E-state index in [0.29, 0.717) is 6.54 Å². The van der Waals surface area contributed by atoms with E-state index in [1.807, 2.05) is 18.9 Å². The molecule has 0 aromatic heterocycles. The molecule has 88 valence electrons. The molecule has 1 heterocycles. The van der Waals surface area contributed by atoms with E-state index in [1.54, 1.807) is 4.90 Å². The molecule has 0 saturated carbocycles. The number of aliphatic hydroxyl groups excluding tert-OH is 1. The van der Waals surface area contributed by atoms with E-state index in [1.165, 1.54) is 0 Å². The smallest absolute Gasteiger partial charge is 0.319 e. The van der Waals surface area contributed by atoms with Gasteiger partial charge in [0.15, 0.2) is 0 Å². The molecule has 5 nitrogen and oxygen atoms in total. The van der Waals surface area contributed by atoms with Crippen molar-refractivity contribution in [3.8, 4) is 0 Å². The van der Waals surface area contributed by atoms with Gasteiger partial charge in [0.2, 0.25) is 0 Å². The molecule has 1 rings (SSSR count). The Morgan fingerprint density at radius 2 is 1.93 bits per heavy atom. The van der Waals surface area contributed by atoms with E-state index in [2.05, 4.69) is 4.90 Å². The molecule has 15 heavy (non-hydrogen) atoms. The molecule has 0 aliphatic carbocycles. The van der Waals surface area contributed by atoms with Crippen molar-refractivity contribution in [3.05, 3.63) is 0 Å². The topological polar surface area (TPSA) is 47.0 Å². The third kappa shape index (κ3) is 3.35. The Bertz CT molecular complexity index is 203. The monoisotopic (exact) mass is 215 g/mol. The first-order chi connectivity index (χ1) is 7.19. The largest absolute Gasteiger partial charge is 0.395 e. The van der Waals surface area contributed by atoms with Gasteiger partial charge in [0.1, 0.15) is 0 Å². The van der Waals surface area contributed by atoms with Gasteiger partial charge >= 0.3 is 6.03 Å². The zero-order chi connectivity index (χ0) is 11.3. The molecule has 1 N–H and O–H groups in total. The Balaban J connectivity index is 2.33. The Kier molecular flexibility index (Phi) is 4.84. The lowest BCUT2D eigenvalue weighted by atomic mass is 10.3. The maximum absolute atomic E-state index is 11.8. The maximum atomic E-state index is 11.8. The lowest BCUT2D eigenvalue weighted by Crippen LogP contribution is -2.52. The van der Waals surface area contributed by atoms with Crippen molar-refractivity contribution >= 4 is 6.03 Å². The van der Waals surface area contributed by atoms with E-state index in [0.717, 1.165) is 32.7 Å². The number of carbonyl (C=O) groups is 1. The average Bonchev–Trinajstić information content (AvgIpc) is 2.28. The zero-order valence-electron chi connectivity index (χ0n) is 9.65. The van der Waals surface area contributed by atoms with E-state index in [-0.39, 0.29) is 12.6 Å². The molecule has 0 unspecified atom stereocenters. The summed E-state index contributed by atoms with van der Waals surface area (Å²) in [5.74, 6) is 0. The molecule has 1 saturated heterocycles. The van der Waals surface area contributed by atoms with Gasteiger partial charge < -0.3 is 14.9 Å². The average molecular weight is 215 g/mol. The van der Waals surface area contributed by atoms with Crippen LogP contribution in [0.15, 0.2) is 0 Å². The van der Waals surface area contributed by atoms with Crippen LogP contribution in [-0.2, 0) is 0 Å². The lowest BCUT2D eigenvalue weighted by Gasteiger charge is -2.36. The normalized spacial score (nSPS) is 17.9. The van der Waals surface area contributed by atoms with Gasteiger partial charge in [-0.15, -0.1) is 0 Å². The number of amides is 2. The summed E-state index contributed by atoms with van der Waals surface area (Å²) in [7, 11) is 1.82. The Hall–Kier alpha value is -0.810. The standard InChI is InChI=1S/C10H21N3O2/c1-3-11(2)10(15)13-6-4-12(5-7-13)8-9-14/h14H,3-9H2,1-2H3. The number of nitrogens with zero attached hydrogens (tertiary/aromatic N) is 3. The minimum Gasteiger partial charge on any atom is -0.395 e. The first-order valence-corrected chi connectivity index (χ1v) is 5.52. The van der Waals surface area contributed by atoms with Crippen LogP contribution in [0.5, 0.6) is 0 Å². The van der Waals surface area contributed by atoms with E-state index in [4.69, 9.17) is 5.11 Å². The minimum atomic E-state index is 0.112. The van der Waals surface area contributed by atoms with Gasteiger partial charge in [-0.25, -0.2) is 4.79 Å². The van der Waals surface area contributed by atoms with Gasteiger partial charge in [-0.05, 0) is 6.92 Å². The first kappa shape index (κ1) is 12.3. The summed E-state index contributed by atoms with van der Waals surface area (Å²) in [6, 6.07) is 0.112. The van der Waals surface area contributed by atoms with Gasteiger partial charge in [-0.2, -0.15) is 0 Å². The summed E-state index contributed by atoms with van der Waals surface area (Å²) < 4.78 is 0. The van der Waals surface area contributed by atoms with Crippen LogP contribution < -0.4 is 0 Å². The number of β-amino-alcohol motifs (C(OH)–C–C–N with tert-alkyl or cyclic N) is 1. The molecule has 1 aliphatic rings. The molecule has 2 amide bonds. The molecular weight excluding hydrogens is 194 g/mol. The Morgan fingerprint density at radius 3 is 2.40 bits per heavy atom. The van der Waals surface area contributed by atoms with Crippen LogP contribution in [0.1, 0.15) is 6.92 Å². The summed E-state index contributed by atoms with van der Waals surface area (Å²) in [4.78, 5) is 17.6. The molecular formula is C10H21N3O2. The van der Waals surface area contributed by atoms with Gasteiger partial charge in [0.05, 0.1) is 6.61 Å². The summed E-state index contributed by atoms with van der Waals surface area (Å²) in [5, 5.41) is 8.79. The molecule has 1 aliphatic heterocycles. The molecule has 5 heteroatoms. The second-order valence-electron chi connectivity index (χ2n) is 3.85. The van der Waals surface area contributed by atoms with Gasteiger partial charge in [-0.3, -0.25) is 4.90 Å². The van der Waals surface area contributed by atoms with E-state index in [9.17, 15) is 4.79 Å². The van der Waals surface area contributed by atoms with Crippen LogP contribution in [0.3, 0.4) is 0 Å². The molecule has 0 aromatic carbocycles. The molecule has 1 fully saturated rings. The van der Waals surface area contributed by atoms with Crippen LogP contribution in [0, 0.1) is 0 Å². The highest BCUT2D eigenvalue weighted by atomic mass is 16.3. The number of piperazine rings is 1. The van der Waals surface area contributed by atoms with Crippen molar-refractivity contribution < 1.29 is 9.90 Å². The van der Waals surface area contributed by atoms with Crippen molar-refractivity contribution in [2.45, 2.75) is 6.92 Å². The second-order valence-corrected chi connectivity index (χ2v) is 3.85. The van der Waals surface area contributed by atoms with Gasteiger partial charge in [-0.1, -0.05) is 0 Å². The van der Waals surface area contributed by atoms with Crippen molar-refractivity contribution in [2.24, 2.45) is 0 Å². The molecule has 0 radical (unpaired) electrons. The number of hydrogen-bond acceptors (Lipinski definition) is 3. The fourth-order valence-electron chi connectivity index (χ4n) is 1.68. The SMILES string of the molecule is CCN(C)C(=O)N1CCN(CCO)CC1. The van der Waals surface area contributed by atoms with Crippen molar-refractivity contribution in [3.63, 3.8) is 0 Å². The highest BCUT2D eigenvalue weighted by Gasteiger charge is 2.22. The number of hydrogen-bond donors (Lipinski definition) is 1. The second kappa shape index (κ2) is 5.92. The molecule has 0 bridgehead atoms. The number of carbonyl (C=O) groups excluding carboxylic acids is 1. The third-order valence-corrected chi connectivity index (χ3v) is 2.86. The van der Waals surface area contributed by atoms with Crippen LogP contribution >= 0.6 is 0 Å². The predicted molar refractivity (Wildman–Crippen MR) is 58.8 cm³/mol. The molecule has 0 atom stereocenters. The Morgan fingerprint density at radius 1 is 1.33 bits per heavy atom. The van der Waals surface area contributed by atoms with Crippen molar-refractivity contribution in [1.29, 1.82) is 0 Å². The number of rotatable bonds is 3.